The molecule has 94 valence electrons. The number of nitrogens with one attached hydrogen (secondary N) is 1. The van der Waals surface area contributed by atoms with E-state index < -0.39 is 5.97 Å². The second-order valence-corrected chi connectivity index (χ2v) is 4.46. The molecule has 0 spiro atoms. The van der Waals surface area contributed by atoms with Crippen molar-refractivity contribution in [3.63, 3.8) is 0 Å². The first-order chi connectivity index (χ1) is 8.72. The van der Waals surface area contributed by atoms with Gasteiger partial charge < -0.3 is 9.72 Å². The van der Waals surface area contributed by atoms with Gasteiger partial charge in [0.15, 0.2) is 6.29 Å². The van der Waals surface area contributed by atoms with Crippen LogP contribution < -0.4 is 0 Å². The number of hydrogen-bond acceptors (Lipinski definition) is 5. The molecule has 0 bridgehead atoms. The van der Waals surface area contributed by atoms with Gasteiger partial charge in [-0.1, -0.05) is 6.92 Å². The van der Waals surface area contributed by atoms with Crippen molar-refractivity contribution >= 4 is 23.6 Å². The van der Waals surface area contributed by atoms with Crippen LogP contribution in [0.1, 0.15) is 33.3 Å². The minimum Gasteiger partial charge on any atom is -0.465 e. The Labute approximate surface area is 108 Å². The molecule has 0 fully saturated rings. The number of H-pyrrole nitrogens is 1. The fourth-order valence-electron chi connectivity index (χ4n) is 1.87. The molecule has 0 saturated heterocycles. The maximum absolute atomic E-state index is 11.7. The fraction of sp³-hybridized carbons (Fsp3) is 0.250. The number of ether oxygens (including phenoxy) is 1. The largest absolute Gasteiger partial charge is 0.465 e. The molecule has 18 heavy (non-hydrogen) atoms. The van der Waals surface area contributed by atoms with E-state index in [1.54, 1.807) is 6.20 Å². The lowest BCUT2D eigenvalue weighted by Crippen LogP contribution is -2.06. The number of carbonyl (C=O) groups excluding carboxylic acids is 2. The zero-order chi connectivity index (χ0) is 13.1. The summed E-state index contributed by atoms with van der Waals surface area (Å²) >= 11 is 1.45. The van der Waals surface area contributed by atoms with Gasteiger partial charge in [0.25, 0.3) is 0 Å². The second kappa shape index (κ2) is 5.14. The second-order valence-electron chi connectivity index (χ2n) is 3.57. The van der Waals surface area contributed by atoms with Crippen LogP contribution in [-0.2, 0) is 11.2 Å². The van der Waals surface area contributed by atoms with Gasteiger partial charge >= 0.3 is 5.97 Å². The number of methoxy groups -OCH3 is 1. The van der Waals surface area contributed by atoms with E-state index in [-0.39, 0.29) is 5.69 Å². The van der Waals surface area contributed by atoms with Gasteiger partial charge in [0.1, 0.15) is 5.01 Å². The van der Waals surface area contributed by atoms with Crippen molar-refractivity contribution in [3.8, 4) is 10.7 Å². The van der Waals surface area contributed by atoms with Crippen molar-refractivity contribution in [2.24, 2.45) is 0 Å². The summed E-state index contributed by atoms with van der Waals surface area (Å²) in [5.41, 5.74) is 2.03. The number of aromatic nitrogens is 2. The maximum atomic E-state index is 11.7. The zero-order valence-electron chi connectivity index (χ0n) is 10.0. The Hall–Kier alpha value is -1.95. The normalized spacial score (nSPS) is 10.3. The van der Waals surface area contributed by atoms with Crippen LogP contribution in [0.5, 0.6) is 0 Å². The van der Waals surface area contributed by atoms with E-state index in [0.29, 0.717) is 18.3 Å². The minimum absolute atomic E-state index is 0.240. The molecule has 2 aromatic rings. The Morgan fingerprint density at radius 1 is 1.61 bits per heavy atom. The van der Waals surface area contributed by atoms with Crippen LogP contribution in [0, 0.1) is 0 Å². The molecule has 0 amide bonds. The first kappa shape index (κ1) is 12.5. The lowest BCUT2D eigenvalue weighted by atomic mass is 10.1. The Morgan fingerprint density at radius 2 is 2.39 bits per heavy atom. The molecule has 0 unspecified atom stereocenters. The first-order valence-corrected chi connectivity index (χ1v) is 6.29. The molecule has 0 aliphatic rings. The lowest BCUT2D eigenvalue weighted by Gasteiger charge is -2.01. The monoisotopic (exact) mass is 264 g/mol. The van der Waals surface area contributed by atoms with Crippen molar-refractivity contribution in [2.75, 3.05) is 7.11 Å². The predicted octanol–water partition coefficient (Wildman–Crippen LogP) is 2.30. The molecule has 1 N–H and O–H groups in total. The molecule has 2 heterocycles. The summed E-state index contributed by atoms with van der Waals surface area (Å²) in [6.07, 6.45) is 2.92. The van der Waals surface area contributed by atoms with Gasteiger partial charge in [0.2, 0.25) is 0 Å². The number of aromatic amines is 1. The number of thiazole rings is 1. The van der Waals surface area contributed by atoms with Gasteiger partial charge in [-0.05, 0) is 12.0 Å². The molecule has 6 heteroatoms. The van der Waals surface area contributed by atoms with Gasteiger partial charge in [0.05, 0.1) is 24.1 Å². The van der Waals surface area contributed by atoms with Crippen LogP contribution >= 0.6 is 11.3 Å². The van der Waals surface area contributed by atoms with Gasteiger partial charge in [-0.3, -0.25) is 4.79 Å². The number of aldehydes is 1. The van der Waals surface area contributed by atoms with Crippen molar-refractivity contribution in [1.82, 2.24) is 9.97 Å². The molecular formula is C12H12N2O3S. The van der Waals surface area contributed by atoms with Crippen LogP contribution in [0.2, 0.25) is 0 Å². The Kier molecular flexibility index (Phi) is 3.57. The van der Waals surface area contributed by atoms with Crippen LogP contribution in [0.4, 0.5) is 0 Å². The highest BCUT2D eigenvalue weighted by Gasteiger charge is 2.23. The molecule has 2 rings (SSSR count). The van der Waals surface area contributed by atoms with E-state index >= 15 is 0 Å². The van der Waals surface area contributed by atoms with Gasteiger partial charge in [-0.25, -0.2) is 9.78 Å². The highest BCUT2D eigenvalue weighted by molar-refractivity contribution is 7.13. The molecule has 5 nitrogen and oxygen atoms in total. The van der Waals surface area contributed by atoms with E-state index in [0.717, 1.165) is 16.3 Å². The maximum Gasteiger partial charge on any atom is 0.340 e. The fourth-order valence-corrected chi connectivity index (χ4v) is 2.53. The standard InChI is InChI=1S/C12H12N2O3S/c1-3-7-9(12(16)17-2)8(6-15)14-10(7)11-13-4-5-18-11/h4-6,14H,3H2,1-2H3. The summed E-state index contributed by atoms with van der Waals surface area (Å²) in [7, 11) is 1.30. The summed E-state index contributed by atoms with van der Waals surface area (Å²) < 4.78 is 4.72. The van der Waals surface area contributed by atoms with E-state index in [9.17, 15) is 9.59 Å². The Morgan fingerprint density at radius 3 is 2.89 bits per heavy atom. The van der Waals surface area contributed by atoms with E-state index in [2.05, 4.69) is 9.97 Å². The first-order valence-electron chi connectivity index (χ1n) is 5.41. The summed E-state index contributed by atoms with van der Waals surface area (Å²) in [5.74, 6) is -0.506. The average Bonchev–Trinajstić information content (AvgIpc) is 3.03. The lowest BCUT2D eigenvalue weighted by molar-refractivity contribution is 0.0597. The third-order valence-corrected chi connectivity index (χ3v) is 3.43. The van der Waals surface area contributed by atoms with Crippen LogP contribution in [-0.4, -0.2) is 29.3 Å². The molecule has 0 aliphatic heterocycles. The number of hydrogen-bond donors (Lipinski definition) is 1. The highest BCUT2D eigenvalue weighted by atomic mass is 32.1. The Balaban J connectivity index is 2.66. The summed E-state index contributed by atoms with van der Waals surface area (Å²) in [5, 5.41) is 2.60. The van der Waals surface area contributed by atoms with Gasteiger partial charge in [0, 0.05) is 11.6 Å². The van der Waals surface area contributed by atoms with Crippen molar-refractivity contribution in [1.29, 1.82) is 0 Å². The average molecular weight is 264 g/mol. The van der Waals surface area contributed by atoms with Gasteiger partial charge in [-0.15, -0.1) is 11.3 Å². The van der Waals surface area contributed by atoms with E-state index in [1.165, 1.54) is 18.4 Å². The number of esters is 1. The van der Waals surface area contributed by atoms with Crippen molar-refractivity contribution in [2.45, 2.75) is 13.3 Å². The molecule has 0 radical (unpaired) electrons. The predicted molar refractivity (Wildman–Crippen MR) is 68.0 cm³/mol. The summed E-state index contributed by atoms with van der Waals surface area (Å²) in [6.45, 7) is 1.92. The molecule has 0 atom stereocenters. The number of carbonyl (C=O) groups is 2. The quantitative estimate of drug-likeness (QED) is 0.679. The van der Waals surface area contributed by atoms with Crippen molar-refractivity contribution < 1.29 is 14.3 Å². The zero-order valence-corrected chi connectivity index (χ0v) is 10.8. The van der Waals surface area contributed by atoms with Gasteiger partial charge in [-0.2, -0.15) is 0 Å². The molecular weight excluding hydrogens is 252 g/mol. The van der Waals surface area contributed by atoms with E-state index in [4.69, 9.17) is 4.74 Å². The molecule has 0 saturated carbocycles. The number of nitrogens with zero attached hydrogens (tertiary/aromatic N) is 1. The summed E-state index contributed by atoms with van der Waals surface area (Å²) in [6, 6.07) is 0. The summed E-state index contributed by atoms with van der Waals surface area (Å²) in [4.78, 5) is 29.9. The minimum atomic E-state index is -0.506. The third kappa shape index (κ3) is 1.95. The highest BCUT2D eigenvalue weighted by Crippen LogP contribution is 2.30. The molecule has 0 aliphatic carbocycles. The number of rotatable bonds is 4. The van der Waals surface area contributed by atoms with Crippen LogP contribution in [0.25, 0.3) is 10.7 Å². The molecule has 2 aromatic heterocycles. The topological polar surface area (TPSA) is 72.0 Å². The molecule has 0 aromatic carbocycles. The van der Waals surface area contributed by atoms with E-state index in [1.807, 2.05) is 12.3 Å². The third-order valence-electron chi connectivity index (χ3n) is 2.64. The van der Waals surface area contributed by atoms with Crippen LogP contribution in [0.15, 0.2) is 11.6 Å². The SMILES string of the molecule is CCc1c(-c2nccs2)[nH]c(C=O)c1C(=O)OC. The smallest absolute Gasteiger partial charge is 0.340 e. The van der Waals surface area contributed by atoms with Crippen LogP contribution in [0.3, 0.4) is 0 Å². The van der Waals surface area contributed by atoms with Crippen molar-refractivity contribution in [3.05, 3.63) is 28.4 Å². The Bertz CT molecular complexity index is 572.